The van der Waals surface area contributed by atoms with E-state index in [1.54, 1.807) is 0 Å². The van der Waals surface area contributed by atoms with E-state index in [2.05, 4.69) is 5.32 Å². The Labute approximate surface area is 80.7 Å². The van der Waals surface area contributed by atoms with E-state index in [0.29, 0.717) is 24.5 Å². The van der Waals surface area contributed by atoms with Gasteiger partial charge in [-0.25, -0.2) is 8.78 Å². The van der Waals surface area contributed by atoms with Crippen molar-refractivity contribution in [1.29, 1.82) is 0 Å². The third kappa shape index (κ3) is 3.28. The number of benzene rings is 1. The van der Waals surface area contributed by atoms with Crippen LogP contribution in [0.1, 0.15) is 5.56 Å². The van der Waals surface area contributed by atoms with Crippen LogP contribution in [0.2, 0.25) is 0 Å². The fourth-order valence-electron chi connectivity index (χ4n) is 1.02. The van der Waals surface area contributed by atoms with Gasteiger partial charge in [0.2, 0.25) is 0 Å². The lowest BCUT2D eigenvalue weighted by Crippen LogP contribution is -2.15. The highest BCUT2D eigenvalue weighted by Crippen LogP contribution is 2.09. The van der Waals surface area contributed by atoms with Crippen molar-refractivity contribution < 1.29 is 8.78 Å². The molecule has 0 aromatic heterocycles. The van der Waals surface area contributed by atoms with Crippen molar-refractivity contribution >= 4 is 11.6 Å². The monoisotopic (exact) mass is 205 g/mol. The fourth-order valence-corrected chi connectivity index (χ4v) is 1.16. The highest BCUT2D eigenvalue weighted by molar-refractivity contribution is 6.17. The standard InChI is InChI=1S/C9H10ClF2N/c10-6-13-4-3-7-5-8(11)1-2-9(7)12/h1-2,5,13H,3-4,6H2. The molecule has 0 aliphatic carbocycles. The van der Waals surface area contributed by atoms with Crippen molar-refractivity contribution in [2.45, 2.75) is 6.42 Å². The van der Waals surface area contributed by atoms with E-state index in [-0.39, 0.29) is 5.82 Å². The van der Waals surface area contributed by atoms with Crippen LogP contribution in [0.15, 0.2) is 18.2 Å². The smallest absolute Gasteiger partial charge is 0.126 e. The molecule has 4 heteroatoms. The molecule has 0 saturated carbocycles. The van der Waals surface area contributed by atoms with Crippen LogP contribution < -0.4 is 5.32 Å². The maximum absolute atomic E-state index is 13.0. The quantitative estimate of drug-likeness (QED) is 0.452. The summed E-state index contributed by atoms with van der Waals surface area (Å²) in [4.78, 5) is 0. The Morgan fingerprint density at radius 3 is 2.77 bits per heavy atom. The molecule has 1 aromatic rings. The summed E-state index contributed by atoms with van der Waals surface area (Å²) in [7, 11) is 0. The van der Waals surface area contributed by atoms with E-state index in [4.69, 9.17) is 11.6 Å². The maximum atomic E-state index is 13.0. The van der Waals surface area contributed by atoms with E-state index >= 15 is 0 Å². The van der Waals surface area contributed by atoms with Crippen molar-refractivity contribution in [3.63, 3.8) is 0 Å². The number of hydrogen-bond acceptors (Lipinski definition) is 1. The van der Waals surface area contributed by atoms with Gasteiger partial charge in [-0.3, -0.25) is 0 Å². The lowest BCUT2D eigenvalue weighted by molar-refractivity contribution is 0.581. The Morgan fingerprint density at radius 1 is 1.31 bits per heavy atom. The molecule has 0 bridgehead atoms. The summed E-state index contributed by atoms with van der Waals surface area (Å²) in [5.74, 6) is -0.792. The molecule has 0 saturated heterocycles. The third-order valence-electron chi connectivity index (χ3n) is 1.67. The number of nitrogens with one attached hydrogen (secondary N) is 1. The van der Waals surface area contributed by atoms with Crippen molar-refractivity contribution in [2.75, 3.05) is 12.5 Å². The van der Waals surface area contributed by atoms with Gasteiger partial charge in [-0.15, -0.1) is 11.6 Å². The summed E-state index contributed by atoms with van der Waals surface area (Å²) in [6.45, 7) is 0.546. The lowest BCUT2D eigenvalue weighted by atomic mass is 10.1. The predicted molar refractivity (Wildman–Crippen MR) is 48.8 cm³/mol. The first-order chi connectivity index (χ1) is 6.24. The average molecular weight is 206 g/mol. The van der Waals surface area contributed by atoms with Crippen molar-refractivity contribution in [3.8, 4) is 0 Å². The number of rotatable bonds is 4. The number of hydrogen-bond donors (Lipinski definition) is 1. The minimum Gasteiger partial charge on any atom is -0.304 e. The maximum Gasteiger partial charge on any atom is 0.126 e. The third-order valence-corrected chi connectivity index (χ3v) is 1.86. The van der Waals surface area contributed by atoms with Gasteiger partial charge in [-0.05, 0) is 30.2 Å². The van der Waals surface area contributed by atoms with E-state index in [1.807, 2.05) is 0 Å². The molecule has 72 valence electrons. The van der Waals surface area contributed by atoms with Crippen LogP contribution in [0.3, 0.4) is 0 Å². The van der Waals surface area contributed by atoms with Crippen molar-refractivity contribution in [3.05, 3.63) is 35.4 Å². The predicted octanol–water partition coefficient (Wildman–Crippen LogP) is 2.29. The lowest BCUT2D eigenvalue weighted by Gasteiger charge is -2.02. The molecule has 0 amide bonds. The van der Waals surface area contributed by atoms with Crippen LogP contribution in [0.5, 0.6) is 0 Å². The van der Waals surface area contributed by atoms with Gasteiger partial charge < -0.3 is 5.32 Å². The molecule has 0 heterocycles. The zero-order valence-corrected chi connectivity index (χ0v) is 7.74. The first-order valence-electron chi connectivity index (χ1n) is 3.94. The minimum atomic E-state index is -0.415. The van der Waals surface area contributed by atoms with E-state index in [0.717, 1.165) is 12.1 Å². The molecular weight excluding hydrogens is 196 g/mol. The molecule has 0 aliphatic heterocycles. The normalized spacial score (nSPS) is 10.4. The highest BCUT2D eigenvalue weighted by Gasteiger charge is 2.02. The Balaban J connectivity index is 2.59. The Kier molecular flexibility index (Phi) is 4.12. The number of alkyl halides is 1. The summed E-state index contributed by atoms with van der Waals surface area (Å²) >= 11 is 5.36. The molecule has 13 heavy (non-hydrogen) atoms. The second kappa shape index (κ2) is 5.14. The first kappa shape index (κ1) is 10.4. The minimum absolute atomic E-state index is 0.316. The molecule has 1 aromatic carbocycles. The van der Waals surface area contributed by atoms with Gasteiger partial charge in [0.25, 0.3) is 0 Å². The van der Waals surface area contributed by atoms with Gasteiger partial charge in [0, 0.05) is 6.54 Å². The van der Waals surface area contributed by atoms with Crippen LogP contribution in [0, 0.1) is 11.6 Å². The summed E-state index contributed by atoms with van der Waals surface area (Å²) in [6.07, 6.45) is 0.441. The van der Waals surface area contributed by atoms with Crippen LogP contribution in [-0.2, 0) is 6.42 Å². The zero-order chi connectivity index (χ0) is 9.68. The van der Waals surface area contributed by atoms with Crippen LogP contribution in [0.4, 0.5) is 8.78 Å². The Bertz CT molecular complexity index is 278. The van der Waals surface area contributed by atoms with Gasteiger partial charge in [-0.1, -0.05) is 0 Å². The van der Waals surface area contributed by atoms with Gasteiger partial charge in [0.1, 0.15) is 11.6 Å². The van der Waals surface area contributed by atoms with E-state index in [1.165, 1.54) is 6.07 Å². The summed E-state index contributed by atoms with van der Waals surface area (Å²) in [5, 5.41) is 2.82. The van der Waals surface area contributed by atoms with Crippen molar-refractivity contribution in [2.24, 2.45) is 0 Å². The van der Waals surface area contributed by atoms with Crippen LogP contribution in [0.25, 0.3) is 0 Å². The topological polar surface area (TPSA) is 12.0 Å². The van der Waals surface area contributed by atoms with Gasteiger partial charge in [-0.2, -0.15) is 0 Å². The van der Waals surface area contributed by atoms with E-state index in [9.17, 15) is 8.78 Å². The summed E-state index contributed by atoms with van der Waals surface area (Å²) in [5.41, 5.74) is 0.373. The molecule has 1 rings (SSSR count). The Hall–Kier alpha value is -0.670. The summed E-state index contributed by atoms with van der Waals surface area (Å²) < 4.78 is 25.6. The molecule has 0 spiro atoms. The second-order valence-corrected chi connectivity index (χ2v) is 2.89. The summed E-state index contributed by atoms with van der Waals surface area (Å²) in [6, 6.07) is 3.75. The van der Waals surface area contributed by atoms with Gasteiger partial charge in [0.05, 0.1) is 6.00 Å². The molecule has 0 aliphatic rings. The molecule has 0 fully saturated rings. The average Bonchev–Trinajstić information content (AvgIpc) is 2.11. The molecule has 0 unspecified atom stereocenters. The van der Waals surface area contributed by atoms with Crippen LogP contribution in [-0.4, -0.2) is 12.5 Å². The van der Waals surface area contributed by atoms with Gasteiger partial charge >= 0.3 is 0 Å². The largest absolute Gasteiger partial charge is 0.304 e. The fraction of sp³-hybridized carbons (Fsp3) is 0.333. The highest BCUT2D eigenvalue weighted by atomic mass is 35.5. The van der Waals surface area contributed by atoms with Gasteiger partial charge in [0.15, 0.2) is 0 Å². The first-order valence-corrected chi connectivity index (χ1v) is 4.48. The number of halogens is 3. The molecule has 1 nitrogen and oxygen atoms in total. The molecule has 1 N–H and O–H groups in total. The molecule has 0 radical (unpaired) electrons. The zero-order valence-electron chi connectivity index (χ0n) is 6.99. The Morgan fingerprint density at radius 2 is 2.08 bits per heavy atom. The van der Waals surface area contributed by atoms with Crippen molar-refractivity contribution in [1.82, 2.24) is 5.32 Å². The van der Waals surface area contributed by atoms with Crippen LogP contribution >= 0.6 is 11.6 Å². The van der Waals surface area contributed by atoms with E-state index < -0.39 is 5.82 Å². The second-order valence-electron chi connectivity index (χ2n) is 2.62. The SMILES string of the molecule is Fc1ccc(F)c(CCNCCl)c1. The molecular formula is C9H10ClF2N. The molecule has 0 atom stereocenters.